The van der Waals surface area contributed by atoms with Crippen LogP contribution >= 0.6 is 11.6 Å². The molecule has 20 heavy (non-hydrogen) atoms. The first-order valence-corrected chi connectivity index (χ1v) is 7.13. The third-order valence-corrected chi connectivity index (χ3v) is 3.85. The second-order valence-corrected chi connectivity index (χ2v) is 5.58. The number of hydrogen-bond acceptors (Lipinski definition) is 0. The first-order chi connectivity index (χ1) is 9.58. The summed E-state index contributed by atoms with van der Waals surface area (Å²) in [4.78, 5) is 0. The number of rotatable bonds is 5. The zero-order valence-corrected chi connectivity index (χ0v) is 12.1. The van der Waals surface area contributed by atoms with Gasteiger partial charge in [0.15, 0.2) is 0 Å². The molecule has 2 aromatic rings. The minimum atomic E-state index is -0.522. The van der Waals surface area contributed by atoms with E-state index in [1.54, 1.807) is 0 Å². The number of benzene rings is 2. The standard InChI is InChI=1S/C17H17ClF2/c1-12-5-2-3-6-13(12)9-10-14(18)11-15-16(19)7-4-8-17(15)20/h2-8,14H,9-11H2,1H3. The monoisotopic (exact) mass is 294 g/mol. The molecule has 0 aliphatic heterocycles. The molecule has 0 radical (unpaired) electrons. The summed E-state index contributed by atoms with van der Waals surface area (Å²) in [5.74, 6) is -1.04. The number of hydrogen-bond donors (Lipinski definition) is 0. The van der Waals surface area contributed by atoms with E-state index in [1.165, 1.54) is 29.3 Å². The van der Waals surface area contributed by atoms with E-state index in [-0.39, 0.29) is 17.4 Å². The van der Waals surface area contributed by atoms with Crippen molar-refractivity contribution in [2.45, 2.75) is 31.6 Å². The summed E-state index contributed by atoms with van der Waals surface area (Å²) in [6, 6.07) is 12.0. The predicted molar refractivity (Wildman–Crippen MR) is 79.2 cm³/mol. The van der Waals surface area contributed by atoms with E-state index in [2.05, 4.69) is 19.1 Å². The van der Waals surface area contributed by atoms with Gasteiger partial charge >= 0.3 is 0 Å². The summed E-state index contributed by atoms with van der Waals surface area (Å²) in [6.45, 7) is 2.05. The molecule has 0 fully saturated rings. The van der Waals surface area contributed by atoms with E-state index in [9.17, 15) is 8.78 Å². The molecule has 0 saturated heterocycles. The lowest BCUT2D eigenvalue weighted by molar-refractivity contribution is 0.548. The molecule has 0 spiro atoms. The average molecular weight is 295 g/mol. The van der Waals surface area contributed by atoms with E-state index in [1.807, 2.05) is 12.1 Å². The fourth-order valence-corrected chi connectivity index (χ4v) is 2.52. The fraction of sp³-hybridized carbons (Fsp3) is 0.294. The number of halogens is 3. The van der Waals surface area contributed by atoms with Gasteiger partial charge in [-0.2, -0.15) is 0 Å². The predicted octanol–water partition coefficient (Wildman–Crippen LogP) is 5.06. The molecule has 2 aromatic carbocycles. The van der Waals surface area contributed by atoms with Crippen LogP contribution in [-0.4, -0.2) is 5.38 Å². The summed E-state index contributed by atoms with van der Waals surface area (Å²) in [5.41, 5.74) is 2.53. The van der Waals surface area contributed by atoms with E-state index in [0.29, 0.717) is 6.42 Å². The quantitative estimate of drug-likeness (QED) is 0.677. The lowest BCUT2D eigenvalue weighted by atomic mass is 10.00. The lowest BCUT2D eigenvalue weighted by Crippen LogP contribution is -2.09. The first kappa shape index (κ1) is 15.0. The molecule has 106 valence electrons. The Labute approximate surface area is 123 Å². The van der Waals surface area contributed by atoms with Gasteiger partial charge in [-0.05, 0) is 49.4 Å². The topological polar surface area (TPSA) is 0 Å². The van der Waals surface area contributed by atoms with Crippen molar-refractivity contribution >= 4 is 11.6 Å². The maximum Gasteiger partial charge on any atom is 0.129 e. The molecule has 0 bridgehead atoms. The van der Waals surface area contributed by atoms with Gasteiger partial charge in [-0.3, -0.25) is 0 Å². The maximum absolute atomic E-state index is 13.5. The van der Waals surface area contributed by atoms with Gasteiger partial charge in [0.05, 0.1) is 0 Å². The Balaban J connectivity index is 1.96. The van der Waals surface area contributed by atoms with Gasteiger partial charge in [-0.15, -0.1) is 11.6 Å². The average Bonchev–Trinajstić information content (AvgIpc) is 2.42. The number of aryl methyl sites for hydroxylation is 2. The normalized spacial score (nSPS) is 12.4. The summed E-state index contributed by atoms with van der Waals surface area (Å²) >= 11 is 6.23. The third-order valence-electron chi connectivity index (χ3n) is 3.48. The molecule has 0 aliphatic rings. The van der Waals surface area contributed by atoms with Crippen molar-refractivity contribution in [3.63, 3.8) is 0 Å². The highest BCUT2D eigenvalue weighted by Gasteiger charge is 2.14. The van der Waals surface area contributed by atoms with Gasteiger partial charge in [-0.1, -0.05) is 30.3 Å². The molecule has 0 nitrogen and oxygen atoms in total. The van der Waals surface area contributed by atoms with Crippen molar-refractivity contribution in [1.29, 1.82) is 0 Å². The van der Waals surface area contributed by atoms with Crippen molar-refractivity contribution in [3.05, 3.63) is 70.8 Å². The highest BCUT2D eigenvalue weighted by atomic mass is 35.5. The van der Waals surface area contributed by atoms with Gasteiger partial charge in [-0.25, -0.2) is 8.78 Å². The highest BCUT2D eigenvalue weighted by Crippen LogP contribution is 2.20. The Kier molecular flexibility index (Phi) is 5.13. The molecule has 0 N–H and O–H groups in total. The van der Waals surface area contributed by atoms with Gasteiger partial charge in [0.1, 0.15) is 11.6 Å². The van der Waals surface area contributed by atoms with Crippen molar-refractivity contribution in [2.24, 2.45) is 0 Å². The van der Waals surface area contributed by atoms with Gasteiger partial charge in [0.2, 0.25) is 0 Å². The van der Waals surface area contributed by atoms with Crippen LogP contribution in [0.3, 0.4) is 0 Å². The van der Waals surface area contributed by atoms with Crippen LogP contribution in [0.5, 0.6) is 0 Å². The summed E-state index contributed by atoms with van der Waals surface area (Å²) < 4.78 is 27.1. The summed E-state index contributed by atoms with van der Waals surface area (Å²) in [6.07, 6.45) is 1.73. The first-order valence-electron chi connectivity index (χ1n) is 6.69. The van der Waals surface area contributed by atoms with Crippen LogP contribution in [-0.2, 0) is 12.8 Å². The van der Waals surface area contributed by atoms with Crippen LogP contribution in [0.4, 0.5) is 8.78 Å². The molecule has 3 heteroatoms. The van der Waals surface area contributed by atoms with E-state index < -0.39 is 11.6 Å². The van der Waals surface area contributed by atoms with Crippen molar-refractivity contribution in [3.8, 4) is 0 Å². The molecular weight excluding hydrogens is 278 g/mol. The maximum atomic E-state index is 13.5. The smallest absolute Gasteiger partial charge is 0.129 e. The SMILES string of the molecule is Cc1ccccc1CCC(Cl)Cc1c(F)cccc1F. The Morgan fingerprint density at radius 1 is 1.00 bits per heavy atom. The van der Waals surface area contributed by atoms with Gasteiger partial charge in [0, 0.05) is 10.9 Å². The van der Waals surface area contributed by atoms with E-state index >= 15 is 0 Å². The van der Waals surface area contributed by atoms with Crippen molar-refractivity contribution < 1.29 is 8.78 Å². The molecule has 1 unspecified atom stereocenters. The second kappa shape index (κ2) is 6.85. The Morgan fingerprint density at radius 3 is 2.30 bits per heavy atom. The van der Waals surface area contributed by atoms with Crippen molar-refractivity contribution in [1.82, 2.24) is 0 Å². The molecule has 0 heterocycles. The lowest BCUT2D eigenvalue weighted by Gasteiger charge is -2.12. The van der Waals surface area contributed by atoms with Gasteiger partial charge in [0.25, 0.3) is 0 Å². The van der Waals surface area contributed by atoms with Crippen LogP contribution in [0, 0.1) is 18.6 Å². The Hall–Kier alpha value is -1.41. The molecule has 0 aliphatic carbocycles. The summed E-state index contributed by atoms with van der Waals surface area (Å²) in [7, 11) is 0. The van der Waals surface area contributed by atoms with E-state index in [4.69, 9.17) is 11.6 Å². The number of alkyl halides is 1. The fourth-order valence-electron chi connectivity index (χ4n) is 2.25. The zero-order valence-electron chi connectivity index (χ0n) is 11.4. The van der Waals surface area contributed by atoms with Crippen molar-refractivity contribution in [2.75, 3.05) is 0 Å². The van der Waals surface area contributed by atoms with Crippen LogP contribution < -0.4 is 0 Å². The van der Waals surface area contributed by atoms with Crippen LogP contribution in [0.25, 0.3) is 0 Å². The molecule has 0 amide bonds. The summed E-state index contributed by atoms with van der Waals surface area (Å²) in [5, 5.41) is -0.277. The van der Waals surface area contributed by atoms with E-state index in [0.717, 1.165) is 6.42 Å². The van der Waals surface area contributed by atoms with Gasteiger partial charge < -0.3 is 0 Å². The Bertz CT molecular complexity index is 561. The van der Waals surface area contributed by atoms with Crippen LogP contribution in [0.2, 0.25) is 0 Å². The van der Waals surface area contributed by atoms with Crippen LogP contribution in [0.1, 0.15) is 23.1 Å². The largest absolute Gasteiger partial charge is 0.207 e. The molecule has 0 saturated carbocycles. The Morgan fingerprint density at radius 2 is 1.65 bits per heavy atom. The minimum Gasteiger partial charge on any atom is -0.207 e. The van der Waals surface area contributed by atoms with Crippen LogP contribution in [0.15, 0.2) is 42.5 Å². The molecule has 1 atom stereocenters. The third kappa shape index (κ3) is 3.80. The second-order valence-electron chi connectivity index (χ2n) is 4.97. The zero-order chi connectivity index (χ0) is 14.5. The highest BCUT2D eigenvalue weighted by molar-refractivity contribution is 6.20. The molecular formula is C17H17ClF2. The minimum absolute atomic E-state index is 0.0808. The molecule has 0 aromatic heterocycles. The molecule has 2 rings (SSSR count).